The van der Waals surface area contributed by atoms with Gasteiger partial charge in [-0.15, -0.1) is 0 Å². The summed E-state index contributed by atoms with van der Waals surface area (Å²) in [5.41, 5.74) is 0.336. The third-order valence-corrected chi connectivity index (χ3v) is 9.69. The van der Waals surface area contributed by atoms with Gasteiger partial charge >= 0.3 is 24.1 Å². The van der Waals surface area contributed by atoms with Crippen molar-refractivity contribution in [1.29, 1.82) is 0 Å². The van der Waals surface area contributed by atoms with Gasteiger partial charge in [-0.05, 0) is 48.2 Å². The molecule has 64 heavy (non-hydrogen) atoms. The molecule has 2 atom stereocenters. The Balaban J connectivity index is 1.24. The Morgan fingerprint density at radius 2 is 0.875 bits per heavy atom. The summed E-state index contributed by atoms with van der Waals surface area (Å²) in [6.07, 6.45) is -3.27. The van der Waals surface area contributed by atoms with Gasteiger partial charge in [-0.2, -0.15) is 0 Å². The number of ketones is 2. The number of carbonyl (C=O) groups excluding carboxylic acids is 6. The van der Waals surface area contributed by atoms with Crippen LogP contribution in [0.2, 0.25) is 0 Å². The number of amides is 4. The van der Waals surface area contributed by atoms with Gasteiger partial charge in [-0.3, -0.25) is 28.8 Å². The van der Waals surface area contributed by atoms with Crippen molar-refractivity contribution in [3.8, 4) is 11.5 Å². The minimum absolute atomic E-state index is 0.0572. The molecule has 0 aliphatic heterocycles. The predicted molar refractivity (Wildman–Crippen MR) is 227 cm³/mol. The van der Waals surface area contributed by atoms with E-state index in [0.717, 1.165) is 12.1 Å². The van der Waals surface area contributed by atoms with E-state index in [2.05, 4.69) is 31.9 Å². The van der Waals surface area contributed by atoms with Crippen molar-refractivity contribution >= 4 is 58.9 Å². The summed E-state index contributed by atoms with van der Waals surface area (Å²) in [7, 11) is 0. The molecule has 0 heterocycles. The van der Waals surface area contributed by atoms with E-state index in [1.54, 1.807) is 60.7 Å². The van der Waals surface area contributed by atoms with Crippen LogP contribution >= 0.6 is 0 Å². The van der Waals surface area contributed by atoms with Gasteiger partial charge in [0.1, 0.15) is 36.8 Å². The minimum Gasteiger partial charge on any atom is -0.507 e. The Kier molecular flexibility index (Phi) is 16.6. The molecule has 0 saturated heterocycles. The van der Waals surface area contributed by atoms with Crippen LogP contribution < -0.4 is 31.9 Å². The lowest BCUT2D eigenvalue weighted by atomic mass is 9.81. The summed E-state index contributed by atoms with van der Waals surface area (Å²) in [4.78, 5) is 102. The molecule has 20 nitrogen and oxygen atoms in total. The molecule has 10 N–H and O–H groups in total. The molecule has 5 rings (SSSR count). The number of benzene rings is 4. The van der Waals surface area contributed by atoms with Crippen LogP contribution in [0.3, 0.4) is 0 Å². The molecule has 336 valence electrons. The first kappa shape index (κ1) is 46.9. The van der Waals surface area contributed by atoms with Crippen molar-refractivity contribution in [3.63, 3.8) is 0 Å². The first-order valence-electron chi connectivity index (χ1n) is 20.0. The number of ether oxygens (including phenoxy) is 2. The number of carboxylic acids is 2. The van der Waals surface area contributed by atoms with Gasteiger partial charge in [0.2, 0.25) is 23.4 Å². The molecule has 4 aromatic carbocycles. The summed E-state index contributed by atoms with van der Waals surface area (Å²) in [5, 5.41) is 55.6. The first-order valence-corrected chi connectivity index (χ1v) is 20.0. The SMILES string of the molecule is O=C(O)CC[C@H](NC(=O)OCc1ccccc1)C(=O)NCCNc1ccc(NCCNC(=O)[C@@H](CCC(=O)O)NC(=O)OCc2ccccc2)c2c1C(=O)c1c(O)ccc(O)c1C2=O. The van der Waals surface area contributed by atoms with Gasteiger partial charge in [-0.25, -0.2) is 9.59 Å². The molecule has 0 unspecified atom stereocenters. The van der Waals surface area contributed by atoms with Gasteiger partial charge in [-0.1, -0.05) is 60.7 Å². The van der Waals surface area contributed by atoms with Crippen LogP contribution in [0.5, 0.6) is 11.5 Å². The van der Waals surface area contributed by atoms with Gasteiger partial charge in [0.05, 0.1) is 22.3 Å². The molecule has 0 saturated carbocycles. The third-order valence-electron chi connectivity index (χ3n) is 9.69. The maximum Gasteiger partial charge on any atom is 0.408 e. The Hall–Kier alpha value is -8.16. The highest BCUT2D eigenvalue weighted by molar-refractivity contribution is 6.33. The zero-order valence-electron chi connectivity index (χ0n) is 34.2. The number of aliphatic carboxylic acids is 2. The zero-order chi connectivity index (χ0) is 46.2. The summed E-state index contributed by atoms with van der Waals surface area (Å²) in [5.74, 6) is -6.60. The maximum absolute atomic E-state index is 14.0. The lowest BCUT2D eigenvalue weighted by Gasteiger charge is -2.25. The molecule has 4 amide bonds. The van der Waals surface area contributed by atoms with E-state index in [-0.39, 0.29) is 74.7 Å². The number of aromatic hydroxyl groups is 2. The fraction of sp³-hybridized carbons (Fsp3) is 0.273. The monoisotopic (exact) mass is 882 g/mol. The second-order valence-electron chi connectivity index (χ2n) is 14.2. The van der Waals surface area contributed by atoms with E-state index in [0.29, 0.717) is 11.1 Å². The van der Waals surface area contributed by atoms with Crippen LogP contribution in [-0.4, -0.2) is 106 Å². The van der Waals surface area contributed by atoms with Gasteiger partial charge in [0.15, 0.2) is 0 Å². The lowest BCUT2D eigenvalue weighted by molar-refractivity contribution is -0.138. The minimum atomic E-state index is -1.28. The van der Waals surface area contributed by atoms with Crippen molar-refractivity contribution in [3.05, 3.63) is 118 Å². The summed E-state index contributed by atoms with van der Waals surface area (Å²) in [6, 6.07) is 20.0. The highest BCUT2D eigenvalue weighted by Gasteiger charge is 2.38. The van der Waals surface area contributed by atoms with Crippen molar-refractivity contribution in [1.82, 2.24) is 21.3 Å². The quantitative estimate of drug-likeness (QED) is 0.0352. The number of anilines is 2. The van der Waals surface area contributed by atoms with Crippen LogP contribution in [0.15, 0.2) is 84.9 Å². The standard InChI is InChI=1S/C44H46N6O14/c51-31-15-16-32(52)38-37(31)39(57)35-27(45-19-21-47-41(59)29(13-17-33(53)54)49-43(61)63-23-25-7-3-1-4-8-25)11-12-28(36(35)40(38)58)46-20-22-48-42(60)30(14-18-34(55)56)50-44(62)64-24-26-9-5-2-6-10-26/h1-12,15-16,29-30,45-46,51-52H,13-14,17-24H2,(H,47,59)(H,48,60)(H,49,61)(H,50,62)(H,53,54)(H,55,56)/t29-,30+. The average Bonchev–Trinajstić information content (AvgIpc) is 3.28. The van der Waals surface area contributed by atoms with Crippen LogP contribution in [0.1, 0.15) is 68.7 Å². The number of nitrogens with one attached hydrogen (secondary N) is 6. The van der Waals surface area contributed by atoms with Crippen LogP contribution in [0.4, 0.5) is 21.0 Å². The summed E-state index contributed by atoms with van der Waals surface area (Å²) < 4.78 is 10.4. The highest BCUT2D eigenvalue weighted by Crippen LogP contribution is 2.42. The molecule has 0 aromatic heterocycles. The Morgan fingerprint density at radius 1 is 0.500 bits per heavy atom. The maximum atomic E-state index is 14.0. The number of carboxylic acid groups (broad SMARTS) is 2. The van der Waals surface area contributed by atoms with Crippen molar-refractivity contribution < 1.29 is 68.3 Å². The summed E-state index contributed by atoms with van der Waals surface area (Å²) >= 11 is 0. The number of rotatable bonds is 22. The Bertz CT molecular complexity index is 2210. The Morgan fingerprint density at radius 3 is 1.23 bits per heavy atom. The number of phenols is 2. The number of fused-ring (bicyclic) bond motifs is 2. The third kappa shape index (κ3) is 12.9. The molecular formula is C44H46N6O14. The fourth-order valence-corrected chi connectivity index (χ4v) is 6.56. The summed E-state index contributed by atoms with van der Waals surface area (Å²) in [6.45, 7) is -0.528. The number of phenolic OH excluding ortho intramolecular Hbond substituents is 2. The van der Waals surface area contributed by atoms with Gasteiger partial charge in [0.25, 0.3) is 0 Å². The first-order chi connectivity index (χ1) is 30.7. The Labute approximate surface area is 365 Å². The molecule has 0 radical (unpaired) electrons. The predicted octanol–water partition coefficient (Wildman–Crippen LogP) is 3.25. The van der Waals surface area contributed by atoms with Gasteiger partial charge in [0, 0.05) is 50.4 Å². The van der Waals surface area contributed by atoms with E-state index < -0.39 is 95.1 Å². The fourth-order valence-electron chi connectivity index (χ4n) is 6.56. The lowest BCUT2D eigenvalue weighted by Crippen LogP contribution is -2.48. The molecule has 1 aliphatic rings. The topological polar surface area (TPSA) is 308 Å². The zero-order valence-corrected chi connectivity index (χ0v) is 34.2. The van der Waals surface area contributed by atoms with Crippen LogP contribution in [-0.2, 0) is 41.9 Å². The largest absolute Gasteiger partial charge is 0.507 e. The molecule has 20 heteroatoms. The second-order valence-corrected chi connectivity index (χ2v) is 14.2. The van der Waals surface area contributed by atoms with E-state index in [1.165, 1.54) is 12.1 Å². The van der Waals surface area contributed by atoms with Crippen molar-refractivity contribution in [2.45, 2.75) is 51.0 Å². The van der Waals surface area contributed by atoms with Crippen molar-refractivity contribution in [2.24, 2.45) is 0 Å². The van der Waals surface area contributed by atoms with E-state index >= 15 is 0 Å². The molecule has 0 fully saturated rings. The molecular weight excluding hydrogens is 837 g/mol. The van der Waals surface area contributed by atoms with E-state index in [1.807, 2.05) is 0 Å². The molecule has 0 bridgehead atoms. The second kappa shape index (κ2) is 22.6. The average molecular weight is 883 g/mol. The number of alkyl carbamates (subject to hydrolysis) is 2. The molecule has 1 aliphatic carbocycles. The van der Waals surface area contributed by atoms with Crippen LogP contribution in [0.25, 0.3) is 0 Å². The number of carbonyl (C=O) groups is 8. The van der Waals surface area contributed by atoms with Crippen molar-refractivity contribution in [2.75, 3.05) is 36.8 Å². The smallest absolute Gasteiger partial charge is 0.408 e. The molecule has 0 spiro atoms. The molecule has 4 aromatic rings. The van der Waals surface area contributed by atoms with E-state index in [4.69, 9.17) is 9.47 Å². The van der Waals surface area contributed by atoms with E-state index in [9.17, 15) is 58.8 Å². The normalized spacial score (nSPS) is 12.3. The highest BCUT2D eigenvalue weighted by atomic mass is 16.6. The van der Waals surface area contributed by atoms with Gasteiger partial charge < -0.3 is 61.8 Å². The van der Waals surface area contributed by atoms with Crippen LogP contribution in [0, 0.1) is 0 Å². The number of hydrogen-bond donors (Lipinski definition) is 10. The number of hydrogen-bond acceptors (Lipinski definition) is 14.